The summed E-state index contributed by atoms with van der Waals surface area (Å²) in [5.41, 5.74) is 0. The van der Waals surface area contributed by atoms with Gasteiger partial charge in [-0.25, -0.2) is 0 Å². The molecule has 0 amide bonds. The first-order valence-corrected chi connectivity index (χ1v) is 8.03. The zero-order valence-electron chi connectivity index (χ0n) is 12.5. The molecule has 106 valence electrons. The van der Waals surface area contributed by atoms with E-state index >= 15 is 0 Å². The van der Waals surface area contributed by atoms with Crippen molar-refractivity contribution in [3.8, 4) is 0 Å². The van der Waals surface area contributed by atoms with Crippen LogP contribution in [0.2, 0.25) is 0 Å². The zero-order valence-corrected chi connectivity index (χ0v) is 12.5. The molecule has 0 aromatic heterocycles. The van der Waals surface area contributed by atoms with E-state index in [4.69, 9.17) is 4.74 Å². The summed E-state index contributed by atoms with van der Waals surface area (Å²) in [5, 5.41) is 0. The van der Waals surface area contributed by atoms with Gasteiger partial charge in [0.25, 0.3) is 0 Å². The second-order valence-corrected chi connectivity index (χ2v) is 6.74. The predicted octanol–water partition coefficient (Wildman–Crippen LogP) is 3.56. The maximum absolute atomic E-state index is 5.86. The molecule has 0 radical (unpaired) electrons. The molecule has 1 saturated heterocycles. The molecule has 1 heterocycles. The molecule has 0 spiro atoms. The van der Waals surface area contributed by atoms with E-state index in [9.17, 15) is 0 Å². The number of nitrogens with zero attached hydrogens (tertiary/aromatic N) is 1. The van der Waals surface area contributed by atoms with Gasteiger partial charge in [0.2, 0.25) is 0 Å². The molecule has 0 N–H and O–H groups in total. The maximum Gasteiger partial charge on any atom is 0.0575 e. The number of hydrogen-bond acceptors (Lipinski definition) is 2. The molecular formula is C16H31NO. The Kier molecular flexibility index (Phi) is 5.50. The normalized spacial score (nSPS) is 30.7. The fraction of sp³-hybridized carbons (Fsp3) is 1.00. The molecule has 0 atom stereocenters. The van der Waals surface area contributed by atoms with E-state index in [0.29, 0.717) is 6.10 Å². The quantitative estimate of drug-likeness (QED) is 0.717. The van der Waals surface area contributed by atoms with Crippen molar-refractivity contribution in [1.82, 2.24) is 4.90 Å². The van der Waals surface area contributed by atoms with Gasteiger partial charge in [-0.3, -0.25) is 0 Å². The van der Waals surface area contributed by atoms with E-state index in [2.05, 4.69) is 25.7 Å². The fourth-order valence-electron chi connectivity index (χ4n) is 3.31. The number of rotatable bonds is 6. The largest absolute Gasteiger partial charge is 0.378 e. The molecule has 2 fully saturated rings. The van der Waals surface area contributed by atoms with Crippen LogP contribution < -0.4 is 0 Å². The smallest absolute Gasteiger partial charge is 0.0575 e. The third-order valence-electron chi connectivity index (χ3n) is 4.80. The van der Waals surface area contributed by atoms with Crippen LogP contribution in [0.3, 0.4) is 0 Å². The Balaban J connectivity index is 1.57. The van der Waals surface area contributed by atoms with Crippen LogP contribution in [0.4, 0.5) is 0 Å². The lowest BCUT2D eigenvalue weighted by molar-refractivity contribution is 0.00127. The number of hydrogen-bond donors (Lipinski definition) is 0. The first kappa shape index (κ1) is 14.3. The Morgan fingerprint density at radius 3 is 2.33 bits per heavy atom. The molecular weight excluding hydrogens is 222 g/mol. The lowest BCUT2D eigenvalue weighted by Crippen LogP contribution is -2.50. The summed E-state index contributed by atoms with van der Waals surface area (Å²) in [6.07, 6.45) is 7.10. The Morgan fingerprint density at radius 1 is 1.11 bits per heavy atom. The molecule has 0 unspecified atom stereocenters. The zero-order chi connectivity index (χ0) is 13.0. The highest BCUT2D eigenvalue weighted by atomic mass is 16.5. The highest BCUT2D eigenvalue weighted by Gasteiger charge is 2.31. The van der Waals surface area contributed by atoms with Crippen LogP contribution >= 0.6 is 0 Å². The standard InChI is InChI=1S/C16H31NO/c1-4-9-18-16-7-5-14(6-8-16)10-17-11-15(12-17)13(2)3/h13-16H,4-12H2,1-3H3. The van der Waals surface area contributed by atoms with Crippen LogP contribution in [-0.2, 0) is 4.74 Å². The second kappa shape index (κ2) is 6.91. The lowest BCUT2D eigenvalue weighted by Gasteiger charge is -2.44. The molecule has 1 saturated carbocycles. The van der Waals surface area contributed by atoms with Crippen molar-refractivity contribution in [2.45, 2.75) is 59.0 Å². The Hall–Kier alpha value is -0.0800. The summed E-state index contributed by atoms with van der Waals surface area (Å²) in [4.78, 5) is 2.67. The summed E-state index contributed by atoms with van der Waals surface area (Å²) in [5.74, 6) is 2.79. The van der Waals surface area contributed by atoms with Crippen LogP contribution in [0.25, 0.3) is 0 Å². The fourth-order valence-corrected chi connectivity index (χ4v) is 3.31. The summed E-state index contributed by atoms with van der Waals surface area (Å²) in [7, 11) is 0. The molecule has 0 aromatic rings. The van der Waals surface area contributed by atoms with Gasteiger partial charge in [-0.2, -0.15) is 0 Å². The van der Waals surface area contributed by atoms with Gasteiger partial charge >= 0.3 is 0 Å². The molecule has 2 aliphatic rings. The van der Waals surface area contributed by atoms with Crippen molar-refractivity contribution < 1.29 is 4.74 Å². The highest BCUT2D eigenvalue weighted by molar-refractivity contribution is 4.84. The first-order chi connectivity index (χ1) is 8.69. The topological polar surface area (TPSA) is 12.5 Å². The summed E-state index contributed by atoms with van der Waals surface area (Å²) in [6.45, 7) is 11.9. The van der Waals surface area contributed by atoms with Gasteiger partial charge < -0.3 is 9.64 Å². The SMILES string of the molecule is CCCOC1CCC(CN2CC(C(C)C)C2)CC1. The molecule has 0 aromatic carbocycles. The van der Waals surface area contributed by atoms with E-state index in [-0.39, 0.29) is 0 Å². The third-order valence-corrected chi connectivity index (χ3v) is 4.80. The van der Waals surface area contributed by atoms with Gasteiger partial charge in [0.1, 0.15) is 0 Å². The number of likely N-dealkylation sites (tertiary alicyclic amines) is 1. The van der Waals surface area contributed by atoms with E-state index in [1.807, 2.05) is 0 Å². The van der Waals surface area contributed by atoms with Crippen molar-refractivity contribution in [1.29, 1.82) is 0 Å². The van der Waals surface area contributed by atoms with E-state index in [1.165, 1.54) is 45.3 Å². The van der Waals surface area contributed by atoms with Gasteiger partial charge in [-0.15, -0.1) is 0 Å². The van der Waals surface area contributed by atoms with Gasteiger partial charge in [0, 0.05) is 26.2 Å². The van der Waals surface area contributed by atoms with Crippen molar-refractivity contribution >= 4 is 0 Å². The molecule has 2 rings (SSSR count). The Bertz CT molecular complexity index is 227. The summed E-state index contributed by atoms with van der Waals surface area (Å²) >= 11 is 0. The van der Waals surface area contributed by atoms with Crippen LogP contribution in [0.5, 0.6) is 0 Å². The second-order valence-electron chi connectivity index (χ2n) is 6.74. The van der Waals surface area contributed by atoms with Crippen molar-refractivity contribution in [3.63, 3.8) is 0 Å². The van der Waals surface area contributed by atoms with Crippen molar-refractivity contribution in [2.24, 2.45) is 17.8 Å². The van der Waals surface area contributed by atoms with Gasteiger partial charge in [0.15, 0.2) is 0 Å². The van der Waals surface area contributed by atoms with Crippen molar-refractivity contribution in [2.75, 3.05) is 26.2 Å². The lowest BCUT2D eigenvalue weighted by atomic mass is 9.83. The Morgan fingerprint density at radius 2 is 1.78 bits per heavy atom. The van der Waals surface area contributed by atoms with E-state index in [1.54, 1.807) is 0 Å². The first-order valence-electron chi connectivity index (χ1n) is 8.03. The van der Waals surface area contributed by atoms with Crippen molar-refractivity contribution in [3.05, 3.63) is 0 Å². The monoisotopic (exact) mass is 253 g/mol. The van der Waals surface area contributed by atoms with Gasteiger partial charge in [0.05, 0.1) is 6.10 Å². The maximum atomic E-state index is 5.86. The third kappa shape index (κ3) is 3.96. The van der Waals surface area contributed by atoms with Crippen LogP contribution in [0.15, 0.2) is 0 Å². The average molecular weight is 253 g/mol. The van der Waals surface area contributed by atoms with E-state index in [0.717, 1.165) is 30.8 Å². The minimum atomic E-state index is 0.570. The highest BCUT2D eigenvalue weighted by Crippen LogP contribution is 2.30. The predicted molar refractivity (Wildman–Crippen MR) is 76.8 cm³/mol. The average Bonchev–Trinajstić information content (AvgIpc) is 2.31. The minimum absolute atomic E-state index is 0.570. The molecule has 1 aliphatic heterocycles. The summed E-state index contributed by atoms with van der Waals surface area (Å²) < 4.78 is 5.86. The van der Waals surface area contributed by atoms with Crippen LogP contribution in [0, 0.1) is 17.8 Å². The Labute approximate surface area is 113 Å². The molecule has 1 aliphatic carbocycles. The molecule has 18 heavy (non-hydrogen) atoms. The van der Waals surface area contributed by atoms with Gasteiger partial charge in [-0.1, -0.05) is 20.8 Å². The van der Waals surface area contributed by atoms with Crippen LogP contribution in [0.1, 0.15) is 52.9 Å². The number of ether oxygens (including phenoxy) is 1. The van der Waals surface area contributed by atoms with Gasteiger partial charge in [-0.05, 0) is 49.9 Å². The minimum Gasteiger partial charge on any atom is -0.378 e. The molecule has 0 bridgehead atoms. The van der Waals surface area contributed by atoms with Crippen LogP contribution in [-0.4, -0.2) is 37.2 Å². The molecule has 2 heteroatoms. The molecule has 2 nitrogen and oxygen atoms in total. The van der Waals surface area contributed by atoms with E-state index < -0.39 is 0 Å². The summed E-state index contributed by atoms with van der Waals surface area (Å²) in [6, 6.07) is 0.